The number of hydrogen-bond acceptors (Lipinski definition) is 6. The van der Waals surface area contributed by atoms with Crippen LogP contribution in [0.3, 0.4) is 0 Å². The Bertz CT molecular complexity index is 1970. The quantitative estimate of drug-likeness (QED) is 0.200. The fourth-order valence-electron chi connectivity index (χ4n) is 7.12. The van der Waals surface area contributed by atoms with Crippen LogP contribution >= 0.6 is 0 Å². The average Bonchev–Trinajstić information content (AvgIpc) is 3.52. The highest BCUT2D eigenvalue weighted by molar-refractivity contribution is 6.00. The van der Waals surface area contributed by atoms with Crippen molar-refractivity contribution in [2.45, 2.75) is 56.9 Å². The molecule has 0 spiro atoms. The number of amides is 2. The van der Waals surface area contributed by atoms with Crippen molar-refractivity contribution in [3.8, 4) is 22.4 Å². The lowest BCUT2D eigenvalue weighted by Crippen LogP contribution is -2.48. The molecule has 48 heavy (non-hydrogen) atoms. The second-order valence-electron chi connectivity index (χ2n) is 13.0. The first kappa shape index (κ1) is 31.8. The van der Waals surface area contributed by atoms with Crippen LogP contribution in [0.2, 0.25) is 0 Å². The van der Waals surface area contributed by atoms with Crippen molar-refractivity contribution in [3.63, 3.8) is 0 Å². The maximum atomic E-state index is 15.4. The summed E-state index contributed by atoms with van der Waals surface area (Å²) >= 11 is 0. The Balaban J connectivity index is 0.974. The van der Waals surface area contributed by atoms with E-state index in [1.165, 1.54) is 0 Å². The van der Waals surface area contributed by atoms with Crippen LogP contribution < -0.4 is 11.1 Å². The van der Waals surface area contributed by atoms with E-state index in [0.29, 0.717) is 44.5 Å². The lowest BCUT2D eigenvalue weighted by Gasteiger charge is -2.38. The number of carbonyl (C=O) groups is 2. The van der Waals surface area contributed by atoms with Crippen molar-refractivity contribution in [2.24, 2.45) is 5.73 Å². The summed E-state index contributed by atoms with van der Waals surface area (Å²) in [7, 11) is 0. The standard InChI is InChI=1S/C38H38F2N6O2/c1-24-18-29(10-11-30(24)20-41)36-34-19-31(21-46(34)43-23-42-36)26-4-2-25(3-5-26)14-16-45-17-15-33(38(39,40)22-45)28-8-6-27(7-9-28)32-12-13-35(47)44-37(32)48/h2-11,18-19,21,23,32-33H,12-17,20,22,41H2,1H3,(H,44,47,48). The normalized spacial score (nSPS) is 19.8. The molecule has 10 heteroatoms. The van der Waals surface area contributed by atoms with Crippen LogP contribution in [0.5, 0.6) is 0 Å². The predicted octanol–water partition coefficient (Wildman–Crippen LogP) is 6.02. The molecule has 2 unspecified atom stereocenters. The second-order valence-corrected chi connectivity index (χ2v) is 13.0. The molecule has 0 bridgehead atoms. The van der Waals surface area contributed by atoms with E-state index in [4.69, 9.17) is 5.73 Å². The molecule has 2 fully saturated rings. The lowest BCUT2D eigenvalue weighted by atomic mass is 9.84. The maximum absolute atomic E-state index is 15.4. The van der Waals surface area contributed by atoms with Gasteiger partial charge in [-0.3, -0.25) is 19.8 Å². The first-order valence-corrected chi connectivity index (χ1v) is 16.4. The zero-order valence-electron chi connectivity index (χ0n) is 26.8. The van der Waals surface area contributed by atoms with E-state index in [2.05, 4.69) is 58.7 Å². The van der Waals surface area contributed by atoms with E-state index in [-0.39, 0.29) is 24.8 Å². The number of halogens is 2. The number of benzene rings is 3. The molecule has 2 atom stereocenters. The molecule has 2 aliphatic heterocycles. The Morgan fingerprint density at radius 2 is 1.69 bits per heavy atom. The number of nitrogens with one attached hydrogen (secondary N) is 1. The summed E-state index contributed by atoms with van der Waals surface area (Å²) in [4.78, 5) is 30.1. The van der Waals surface area contributed by atoms with E-state index in [0.717, 1.165) is 50.2 Å². The fourth-order valence-corrected chi connectivity index (χ4v) is 7.12. The SMILES string of the molecule is Cc1cc(-c2ncnn3cc(-c4ccc(CCN5CCC(c6ccc(C7CCC(=O)NC7=O)cc6)C(F)(F)C5)cc4)cc23)ccc1CN. The van der Waals surface area contributed by atoms with Crippen LogP contribution in [0.4, 0.5) is 8.78 Å². The van der Waals surface area contributed by atoms with E-state index >= 15 is 8.78 Å². The van der Waals surface area contributed by atoms with Gasteiger partial charge in [-0.25, -0.2) is 18.3 Å². The number of likely N-dealkylation sites (tertiary alicyclic amines) is 1. The number of hydrogen-bond donors (Lipinski definition) is 2. The lowest BCUT2D eigenvalue weighted by molar-refractivity contribution is -0.134. The summed E-state index contributed by atoms with van der Waals surface area (Å²) in [6.45, 7) is 3.39. The van der Waals surface area contributed by atoms with Gasteiger partial charge in [-0.2, -0.15) is 5.10 Å². The van der Waals surface area contributed by atoms with Crippen molar-refractivity contribution < 1.29 is 18.4 Å². The number of nitrogens with zero attached hydrogens (tertiary/aromatic N) is 4. The number of nitrogens with two attached hydrogens (primary N) is 1. The third kappa shape index (κ3) is 6.37. The van der Waals surface area contributed by atoms with Crippen LogP contribution in [-0.2, 0) is 22.6 Å². The highest BCUT2D eigenvalue weighted by atomic mass is 19.3. The minimum absolute atomic E-state index is 0.270. The Morgan fingerprint density at radius 3 is 2.40 bits per heavy atom. The molecule has 7 rings (SSSR count). The Hall–Kier alpha value is -4.80. The van der Waals surface area contributed by atoms with Gasteiger partial charge in [0.05, 0.1) is 29.6 Å². The molecule has 2 amide bonds. The van der Waals surface area contributed by atoms with E-state index in [9.17, 15) is 9.59 Å². The molecule has 3 N–H and O–H groups in total. The van der Waals surface area contributed by atoms with Gasteiger partial charge in [0.25, 0.3) is 5.92 Å². The number of rotatable bonds is 8. The van der Waals surface area contributed by atoms with Gasteiger partial charge in [-0.05, 0) is 78.2 Å². The summed E-state index contributed by atoms with van der Waals surface area (Å²) in [5, 5.41) is 6.79. The molecular formula is C38H38F2N6O2. The van der Waals surface area contributed by atoms with Crippen LogP contribution in [-0.4, -0.2) is 56.9 Å². The number of alkyl halides is 2. The minimum atomic E-state index is -2.87. The van der Waals surface area contributed by atoms with Crippen LogP contribution in [0.1, 0.15) is 58.9 Å². The summed E-state index contributed by atoms with van der Waals surface area (Å²) in [5.41, 5.74) is 15.3. The zero-order valence-corrected chi connectivity index (χ0v) is 26.8. The molecule has 8 nitrogen and oxygen atoms in total. The number of carbonyl (C=O) groups excluding carboxylic acids is 2. The van der Waals surface area contributed by atoms with E-state index in [1.54, 1.807) is 30.6 Å². The molecular weight excluding hydrogens is 610 g/mol. The van der Waals surface area contributed by atoms with Crippen molar-refractivity contribution in [1.29, 1.82) is 0 Å². The molecule has 2 saturated heterocycles. The van der Waals surface area contributed by atoms with Gasteiger partial charge in [-0.15, -0.1) is 0 Å². The molecule has 246 valence electrons. The first-order chi connectivity index (χ1) is 23.2. The maximum Gasteiger partial charge on any atom is 0.267 e. The second kappa shape index (κ2) is 13.0. The van der Waals surface area contributed by atoms with Gasteiger partial charge >= 0.3 is 0 Å². The molecule has 0 radical (unpaired) electrons. The van der Waals surface area contributed by atoms with Gasteiger partial charge in [-0.1, -0.05) is 60.7 Å². The molecule has 2 aliphatic rings. The molecule has 4 heterocycles. The number of piperidine rings is 2. The number of aromatic nitrogens is 3. The molecule has 0 aliphatic carbocycles. The molecule has 2 aromatic heterocycles. The molecule has 3 aromatic carbocycles. The molecule has 5 aromatic rings. The van der Waals surface area contributed by atoms with Crippen molar-refractivity contribution in [3.05, 3.63) is 113 Å². The summed E-state index contributed by atoms with van der Waals surface area (Å²) in [6.07, 6.45) is 5.30. The fraction of sp³-hybridized carbons (Fsp3) is 0.316. The third-order valence-electron chi connectivity index (χ3n) is 9.90. The predicted molar refractivity (Wildman–Crippen MR) is 181 cm³/mol. The van der Waals surface area contributed by atoms with Gasteiger partial charge in [0.1, 0.15) is 6.33 Å². The Morgan fingerprint density at radius 1 is 0.938 bits per heavy atom. The highest BCUT2D eigenvalue weighted by Gasteiger charge is 2.45. The monoisotopic (exact) mass is 648 g/mol. The largest absolute Gasteiger partial charge is 0.326 e. The Labute approximate surface area is 278 Å². The van der Waals surface area contributed by atoms with Crippen molar-refractivity contribution >= 4 is 17.3 Å². The number of aryl methyl sites for hydroxylation is 1. The van der Waals surface area contributed by atoms with Crippen molar-refractivity contribution in [1.82, 2.24) is 24.8 Å². The summed E-state index contributed by atoms with van der Waals surface area (Å²) in [6, 6.07) is 23.5. The van der Waals surface area contributed by atoms with Gasteiger partial charge in [0, 0.05) is 36.8 Å². The summed E-state index contributed by atoms with van der Waals surface area (Å²) < 4.78 is 32.7. The number of fused-ring (bicyclic) bond motifs is 1. The van der Waals surface area contributed by atoms with Gasteiger partial charge in [0.15, 0.2) is 0 Å². The smallest absolute Gasteiger partial charge is 0.267 e. The van der Waals surface area contributed by atoms with Crippen LogP contribution in [0, 0.1) is 6.92 Å². The van der Waals surface area contributed by atoms with Crippen LogP contribution in [0.25, 0.3) is 27.9 Å². The van der Waals surface area contributed by atoms with Gasteiger partial charge in [0.2, 0.25) is 11.8 Å². The van der Waals surface area contributed by atoms with Crippen LogP contribution in [0.15, 0.2) is 85.3 Å². The molecule has 0 saturated carbocycles. The number of imide groups is 1. The first-order valence-electron chi connectivity index (χ1n) is 16.4. The average molecular weight is 649 g/mol. The Kier molecular flexibility index (Phi) is 8.61. The minimum Gasteiger partial charge on any atom is -0.326 e. The van der Waals surface area contributed by atoms with Gasteiger partial charge < -0.3 is 5.73 Å². The third-order valence-corrected chi connectivity index (χ3v) is 9.90. The van der Waals surface area contributed by atoms with E-state index < -0.39 is 17.8 Å². The van der Waals surface area contributed by atoms with Crippen molar-refractivity contribution in [2.75, 3.05) is 19.6 Å². The zero-order chi connectivity index (χ0) is 33.4. The van der Waals surface area contributed by atoms with E-state index in [1.807, 2.05) is 27.7 Å². The highest BCUT2D eigenvalue weighted by Crippen LogP contribution is 2.41. The summed E-state index contributed by atoms with van der Waals surface area (Å²) in [5.74, 6) is -4.76. The topological polar surface area (TPSA) is 106 Å².